The van der Waals surface area contributed by atoms with Crippen LogP contribution < -0.4 is 5.76 Å². The largest absolute Gasteiger partial charge is 0.417 e. The lowest BCUT2D eigenvalue weighted by atomic mass is 9.88. The SMILES string of the molecule is O=C(c1ccc2[nH]c(=O)oc2c1)N1CCCN(C(=O)C2CCCCC2)CC1. The van der Waals surface area contributed by atoms with E-state index in [0.29, 0.717) is 42.8 Å². The molecule has 2 fully saturated rings. The molecule has 1 aliphatic carbocycles. The summed E-state index contributed by atoms with van der Waals surface area (Å²) in [6.45, 7) is 2.46. The Morgan fingerprint density at radius 2 is 1.70 bits per heavy atom. The Morgan fingerprint density at radius 3 is 2.52 bits per heavy atom. The number of hydrogen-bond acceptors (Lipinski definition) is 4. The smallest absolute Gasteiger partial charge is 0.408 e. The van der Waals surface area contributed by atoms with Gasteiger partial charge in [-0.3, -0.25) is 14.6 Å². The van der Waals surface area contributed by atoms with Crippen LogP contribution in [0.15, 0.2) is 27.4 Å². The van der Waals surface area contributed by atoms with Crippen molar-refractivity contribution in [1.29, 1.82) is 0 Å². The Bertz CT molecular complexity index is 894. The molecule has 1 aromatic heterocycles. The van der Waals surface area contributed by atoms with Crippen LogP contribution in [0, 0.1) is 5.92 Å². The van der Waals surface area contributed by atoms with Crippen LogP contribution in [0.2, 0.25) is 0 Å². The molecule has 0 radical (unpaired) electrons. The highest BCUT2D eigenvalue weighted by molar-refractivity contribution is 5.97. The molecule has 7 nitrogen and oxygen atoms in total. The van der Waals surface area contributed by atoms with E-state index in [-0.39, 0.29) is 17.7 Å². The summed E-state index contributed by atoms with van der Waals surface area (Å²) >= 11 is 0. The van der Waals surface area contributed by atoms with Crippen molar-refractivity contribution in [3.05, 3.63) is 34.3 Å². The van der Waals surface area contributed by atoms with Gasteiger partial charge in [0, 0.05) is 37.7 Å². The van der Waals surface area contributed by atoms with E-state index in [1.165, 1.54) is 6.42 Å². The van der Waals surface area contributed by atoms with E-state index in [0.717, 1.165) is 32.1 Å². The van der Waals surface area contributed by atoms with Gasteiger partial charge in [-0.15, -0.1) is 0 Å². The molecule has 144 valence electrons. The third kappa shape index (κ3) is 3.77. The van der Waals surface area contributed by atoms with Gasteiger partial charge in [-0.2, -0.15) is 0 Å². The predicted molar refractivity (Wildman–Crippen MR) is 101 cm³/mol. The highest BCUT2D eigenvalue weighted by atomic mass is 16.4. The van der Waals surface area contributed by atoms with Gasteiger partial charge in [0.1, 0.15) is 0 Å². The van der Waals surface area contributed by atoms with Crippen LogP contribution in [0.1, 0.15) is 48.9 Å². The van der Waals surface area contributed by atoms with Gasteiger partial charge in [-0.05, 0) is 37.5 Å². The number of H-pyrrole nitrogens is 1. The standard InChI is InChI=1S/C20H25N3O4/c24-18(14-5-2-1-3-6-14)22-9-4-10-23(12-11-22)19(25)15-7-8-16-17(13-15)27-20(26)21-16/h7-8,13-14H,1-6,9-12H2,(H,21,26). The van der Waals surface area contributed by atoms with Crippen molar-refractivity contribution in [3.63, 3.8) is 0 Å². The van der Waals surface area contributed by atoms with Crippen molar-refractivity contribution in [2.45, 2.75) is 38.5 Å². The number of carbonyl (C=O) groups excluding carboxylic acids is 2. The van der Waals surface area contributed by atoms with Crippen molar-refractivity contribution < 1.29 is 14.0 Å². The van der Waals surface area contributed by atoms with Crippen LogP contribution in [-0.2, 0) is 4.79 Å². The second kappa shape index (κ2) is 7.58. The van der Waals surface area contributed by atoms with Gasteiger partial charge in [-0.1, -0.05) is 19.3 Å². The zero-order chi connectivity index (χ0) is 18.8. The molecule has 1 saturated carbocycles. The maximum Gasteiger partial charge on any atom is 0.417 e. The number of fused-ring (bicyclic) bond motifs is 1. The zero-order valence-corrected chi connectivity index (χ0v) is 15.4. The molecule has 7 heteroatoms. The fraction of sp³-hybridized carbons (Fsp3) is 0.550. The van der Waals surface area contributed by atoms with Crippen molar-refractivity contribution >= 4 is 22.9 Å². The molecule has 2 amide bonds. The van der Waals surface area contributed by atoms with Crippen LogP contribution in [0.3, 0.4) is 0 Å². The van der Waals surface area contributed by atoms with E-state index in [9.17, 15) is 14.4 Å². The topological polar surface area (TPSA) is 86.6 Å². The minimum atomic E-state index is -0.527. The first kappa shape index (κ1) is 17.8. The first-order valence-electron chi connectivity index (χ1n) is 9.83. The summed E-state index contributed by atoms with van der Waals surface area (Å²) in [6, 6.07) is 4.99. The maximum absolute atomic E-state index is 12.9. The number of carbonyl (C=O) groups is 2. The number of hydrogen-bond donors (Lipinski definition) is 1. The third-order valence-electron chi connectivity index (χ3n) is 5.72. The first-order chi connectivity index (χ1) is 13.1. The zero-order valence-electron chi connectivity index (χ0n) is 15.4. The Labute approximate surface area is 157 Å². The minimum absolute atomic E-state index is 0.0901. The lowest BCUT2D eigenvalue weighted by Gasteiger charge is -2.28. The molecule has 0 unspecified atom stereocenters. The Kier molecular flexibility index (Phi) is 5.01. The Hall–Kier alpha value is -2.57. The minimum Gasteiger partial charge on any atom is -0.408 e. The molecule has 0 bridgehead atoms. The number of oxazole rings is 1. The molecule has 1 N–H and O–H groups in total. The van der Waals surface area contributed by atoms with Crippen molar-refractivity contribution in [3.8, 4) is 0 Å². The van der Waals surface area contributed by atoms with Gasteiger partial charge >= 0.3 is 5.76 Å². The van der Waals surface area contributed by atoms with E-state index in [4.69, 9.17) is 4.42 Å². The van der Waals surface area contributed by atoms with E-state index in [1.54, 1.807) is 23.1 Å². The highest BCUT2D eigenvalue weighted by Crippen LogP contribution is 2.26. The first-order valence-corrected chi connectivity index (χ1v) is 9.83. The van der Waals surface area contributed by atoms with Gasteiger partial charge in [0.05, 0.1) is 5.52 Å². The average Bonchev–Trinajstić information content (AvgIpc) is 2.90. The molecule has 0 spiro atoms. The van der Waals surface area contributed by atoms with Gasteiger partial charge < -0.3 is 14.2 Å². The van der Waals surface area contributed by atoms with Gasteiger partial charge in [0.15, 0.2) is 5.58 Å². The molecule has 1 aromatic carbocycles. The van der Waals surface area contributed by atoms with Crippen LogP contribution in [0.4, 0.5) is 0 Å². The predicted octanol–water partition coefficient (Wildman–Crippen LogP) is 2.38. The Morgan fingerprint density at radius 1 is 0.963 bits per heavy atom. The van der Waals surface area contributed by atoms with Gasteiger partial charge in [-0.25, -0.2) is 4.79 Å². The van der Waals surface area contributed by atoms with Crippen molar-refractivity contribution in [1.82, 2.24) is 14.8 Å². The number of aromatic amines is 1. The van der Waals surface area contributed by atoms with E-state index in [2.05, 4.69) is 4.98 Å². The molecule has 2 heterocycles. The van der Waals surface area contributed by atoms with Crippen molar-refractivity contribution in [2.24, 2.45) is 5.92 Å². The number of rotatable bonds is 2. The monoisotopic (exact) mass is 371 g/mol. The summed E-state index contributed by atoms with van der Waals surface area (Å²) in [5.74, 6) is -0.187. The lowest BCUT2D eigenvalue weighted by molar-refractivity contribution is -0.136. The highest BCUT2D eigenvalue weighted by Gasteiger charge is 2.28. The number of nitrogens with one attached hydrogen (secondary N) is 1. The van der Waals surface area contributed by atoms with E-state index >= 15 is 0 Å². The third-order valence-corrected chi connectivity index (χ3v) is 5.72. The summed E-state index contributed by atoms with van der Waals surface area (Å²) in [4.78, 5) is 43.3. The Balaban J connectivity index is 1.42. The number of benzene rings is 1. The van der Waals surface area contributed by atoms with Gasteiger partial charge in [0.2, 0.25) is 5.91 Å². The van der Waals surface area contributed by atoms with Crippen LogP contribution >= 0.6 is 0 Å². The number of nitrogens with zero attached hydrogens (tertiary/aromatic N) is 2. The van der Waals surface area contributed by atoms with E-state index < -0.39 is 5.76 Å². The fourth-order valence-corrected chi connectivity index (χ4v) is 4.21. The maximum atomic E-state index is 12.9. The molecule has 2 aliphatic rings. The van der Waals surface area contributed by atoms with Crippen LogP contribution in [-0.4, -0.2) is 52.8 Å². The quantitative estimate of drug-likeness (QED) is 0.878. The molecule has 0 atom stereocenters. The van der Waals surface area contributed by atoms with E-state index in [1.807, 2.05) is 4.90 Å². The van der Waals surface area contributed by atoms with Gasteiger partial charge in [0.25, 0.3) is 5.91 Å². The fourth-order valence-electron chi connectivity index (χ4n) is 4.21. The summed E-state index contributed by atoms with van der Waals surface area (Å²) in [5, 5.41) is 0. The normalized spacial score (nSPS) is 19.3. The molecule has 27 heavy (non-hydrogen) atoms. The second-order valence-electron chi connectivity index (χ2n) is 7.53. The lowest BCUT2D eigenvalue weighted by Crippen LogP contribution is -2.40. The summed E-state index contributed by atoms with van der Waals surface area (Å²) in [7, 11) is 0. The molecular weight excluding hydrogens is 346 g/mol. The van der Waals surface area contributed by atoms with Crippen LogP contribution in [0.25, 0.3) is 11.1 Å². The average molecular weight is 371 g/mol. The number of aromatic nitrogens is 1. The molecule has 2 aromatic rings. The molecule has 1 saturated heterocycles. The summed E-state index contributed by atoms with van der Waals surface area (Å²) in [6.07, 6.45) is 6.31. The number of amides is 2. The molecule has 4 rings (SSSR count). The summed E-state index contributed by atoms with van der Waals surface area (Å²) in [5.41, 5.74) is 1.46. The van der Waals surface area contributed by atoms with Crippen LogP contribution in [0.5, 0.6) is 0 Å². The summed E-state index contributed by atoms with van der Waals surface area (Å²) < 4.78 is 5.05. The molecular formula is C20H25N3O4. The van der Waals surface area contributed by atoms with Crippen molar-refractivity contribution in [2.75, 3.05) is 26.2 Å². The second-order valence-corrected chi connectivity index (χ2v) is 7.53. The molecule has 1 aliphatic heterocycles.